The highest BCUT2D eigenvalue weighted by molar-refractivity contribution is 9.10. The first-order valence-electron chi connectivity index (χ1n) is 11.0. The predicted molar refractivity (Wildman–Crippen MR) is 122 cm³/mol. The molecule has 2 amide bonds. The van der Waals surface area contributed by atoms with Crippen molar-refractivity contribution in [3.63, 3.8) is 0 Å². The van der Waals surface area contributed by atoms with Crippen molar-refractivity contribution >= 4 is 27.7 Å². The van der Waals surface area contributed by atoms with Crippen LogP contribution in [0.15, 0.2) is 59.1 Å². The van der Waals surface area contributed by atoms with Gasteiger partial charge in [-0.05, 0) is 48.9 Å². The van der Waals surface area contributed by atoms with E-state index in [0.717, 1.165) is 67.2 Å². The van der Waals surface area contributed by atoms with Crippen LogP contribution in [-0.4, -0.2) is 35.8 Å². The Morgan fingerprint density at radius 2 is 1.57 bits per heavy atom. The van der Waals surface area contributed by atoms with Gasteiger partial charge < -0.3 is 10.2 Å². The first kappa shape index (κ1) is 21.1. The molecular formula is C25H29BrN2O2. The van der Waals surface area contributed by atoms with E-state index in [-0.39, 0.29) is 11.8 Å². The fourth-order valence-electron chi connectivity index (χ4n) is 4.90. The van der Waals surface area contributed by atoms with E-state index in [1.807, 2.05) is 59.5 Å². The summed E-state index contributed by atoms with van der Waals surface area (Å²) in [6, 6.07) is 17.6. The minimum atomic E-state index is -0.541. The first-order valence-corrected chi connectivity index (χ1v) is 11.8. The molecule has 30 heavy (non-hydrogen) atoms. The molecule has 1 aliphatic carbocycles. The maximum atomic E-state index is 13.7. The van der Waals surface area contributed by atoms with Crippen LogP contribution >= 0.6 is 15.9 Å². The third kappa shape index (κ3) is 4.46. The topological polar surface area (TPSA) is 49.4 Å². The van der Waals surface area contributed by atoms with Crippen LogP contribution in [0.4, 0.5) is 0 Å². The molecule has 0 spiro atoms. The van der Waals surface area contributed by atoms with Gasteiger partial charge in [-0.3, -0.25) is 9.59 Å². The fourth-order valence-corrected chi connectivity index (χ4v) is 5.16. The summed E-state index contributed by atoms with van der Waals surface area (Å²) < 4.78 is 1.01. The summed E-state index contributed by atoms with van der Waals surface area (Å²) in [7, 11) is 0. The van der Waals surface area contributed by atoms with Gasteiger partial charge in [0.2, 0.25) is 11.8 Å². The van der Waals surface area contributed by atoms with E-state index in [2.05, 4.69) is 21.2 Å². The number of nitrogens with one attached hydrogen (secondary N) is 1. The van der Waals surface area contributed by atoms with Gasteiger partial charge in [-0.25, -0.2) is 0 Å². The van der Waals surface area contributed by atoms with E-state index in [9.17, 15) is 9.59 Å². The van der Waals surface area contributed by atoms with Gasteiger partial charge in [0.1, 0.15) is 6.04 Å². The number of carbonyl (C=O) groups is 2. The Hall–Kier alpha value is -2.14. The number of halogens is 1. The van der Waals surface area contributed by atoms with E-state index >= 15 is 0 Å². The quantitative estimate of drug-likeness (QED) is 0.672. The fraction of sp³-hybridized carbons (Fsp3) is 0.440. The van der Waals surface area contributed by atoms with Gasteiger partial charge in [0.05, 0.1) is 5.41 Å². The lowest BCUT2D eigenvalue weighted by molar-refractivity contribution is -0.137. The monoisotopic (exact) mass is 468 g/mol. The zero-order chi connectivity index (χ0) is 21.0. The average molecular weight is 469 g/mol. The smallest absolute Gasteiger partial charge is 0.245 e. The van der Waals surface area contributed by atoms with E-state index < -0.39 is 11.5 Å². The van der Waals surface area contributed by atoms with Crippen LogP contribution in [0.5, 0.6) is 0 Å². The van der Waals surface area contributed by atoms with Gasteiger partial charge in [0.15, 0.2) is 0 Å². The van der Waals surface area contributed by atoms with Crippen molar-refractivity contribution in [1.82, 2.24) is 10.2 Å². The Bertz CT molecular complexity index is 870. The third-order valence-corrected chi connectivity index (χ3v) is 7.12. The van der Waals surface area contributed by atoms with E-state index in [4.69, 9.17) is 0 Å². The van der Waals surface area contributed by atoms with Gasteiger partial charge in [-0.1, -0.05) is 71.2 Å². The van der Waals surface area contributed by atoms with Gasteiger partial charge >= 0.3 is 0 Å². The van der Waals surface area contributed by atoms with Gasteiger partial charge in [-0.2, -0.15) is 0 Å². The molecule has 158 valence electrons. The summed E-state index contributed by atoms with van der Waals surface area (Å²) in [6.45, 7) is 1.58. The lowest BCUT2D eigenvalue weighted by Crippen LogP contribution is -2.53. The minimum absolute atomic E-state index is 0.00389. The molecule has 2 aromatic carbocycles. The summed E-state index contributed by atoms with van der Waals surface area (Å²) in [5, 5.41) is 3.20. The number of hydrogen-bond acceptors (Lipinski definition) is 2. The average Bonchev–Trinajstić information content (AvgIpc) is 3.47. The van der Waals surface area contributed by atoms with Crippen LogP contribution in [0.3, 0.4) is 0 Å². The summed E-state index contributed by atoms with van der Waals surface area (Å²) in [5.41, 5.74) is 1.58. The number of rotatable bonds is 6. The van der Waals surface area contributed by atoms with Crippen LogP contribution in [0.2, 0.25) is 0 Å². The molecule has 0 aromatic heterocycles. The normalized spacial score (nSPS) is 18.9. The molecule has 1 aliphatic heterocycles. The zero-order valence-corrected chi connectivity index (χ0v) is 18.9. The van der Waals surface area contributed by atoms with Crippen LogP contribution < -0.4 is 5.32 Å². The molecule has 2 fully saturated rings. The minimum Gasteiger partial charge on any atom is -0.343 e. The second kappa shape index (κ2) is 9.34. The van der Waals surface area contributed by atoms with E-state index in [0.29, 0.717) is 6.42 Å². The molecule has 0 radical (unpaired) electrons. The summed E-state index contributed by atoms with van der Waals surface area (Å²) in [4.78, 5) is 28.9. The van der Waals surface area contributed by atoms with Crippen molar-refractivity contribution in [2.75, 3.05) is 13.1 Å². The second-order valence-electron chi connectivity index (χ2n) is 8.54. The van der Waals surface area contributed by atoms with E-state index in [1.165, 1.54) is 0 Å². The molecule has 1 unspecified atom stereocenters. The number of benzene rings is 2. The van der Waals surface area contributed by atoms with Crippen molar-refractivity contribution in [3.8, 4) is 0 Å². The zero-order valence-electron chi connectivity index (χ0n) is 17.3. The van der Waals surface area contributed by atoms with E-state index in [1.54, 1.807) is 0 Å². The van der Waals surface area contributed by atoms with Crippen LogP contribution in [0.1, 0.15) is 49.7 Å². The molecule has 4 nitrogen and oxygen atoms in total. The molecule has 2 aliphatic rings. The molecule has 5 heteroatoms. The summed E-state index contributed by atoms with van der Waals surface area (Å²) in [5.74, 6) is 0.0458. The molecule has 1 heterocycles. The van der Waals surface area contributed by atoms with Gasteiger partial charge in [0, 0.05) is 24.0 Å². The molecule has 4 rings (SSSR count). The number of amides is 2. The highest BCUT2D eigenvalue weighted by Gasteiger charge is 2.44. The Morgan fingerprint density at radius 3 is 2.20 bits per heavy atom. The Kier molecular flexibility index (Phi) is 6.57. The number of carbonyl (C=O) groups excluding carboxylic acids is 2. The Balaban J connectivity index is 1.59. The SMILES string of the molecule is O=C(C(Cc1ccccc1)NC(=O)C1(c2ccc(Br)cc2)CCCC1)N1CCCC1. The lowest BCUT2D eigenvalue weighted by Gasteiger charge is -2.32. The van der Waals surface area contributed by atoms with Crippen molar-refractivity contribution in [3.05, 3.63) is 70.2 Å². The standard InChI is InChI=1S/C25H29BrN2O2/c26-21-12-10-20(11-13-21)25(14-4-5-15-25)24(30)27-22(18-19-8-2-1-3-9-19)23(29)28-16-6-7-17-28/h1-3,8-13,22H,4-7,14-18H2,(H,27,30). The predicted octanol–water partition coefficient (Wildman–Crippen LogP) is 4.61. The largest absolute Gasteiger partial charge is 0.343 e. The highest BCUT2D eigenvalue weighted by Crippen LogP contribution is 2.42. The number of likely N-dealkylation sites (tertiary alicyclic amines) is 1. The molecule has 1 N–H and O–H groups in total. The Morgan fingerprint density at radius 1 is 0.933 bits per heavy atom. The van der Waals surface area contributed by atoms with Crippen molar-refractivity contribution in [1.29, 1.82) is 0 Å². The number of hydrogen-bond donors (Lipinski definition) is 1. The highest BCUT2D eigenvalue weighted by atomic mass is 79.9. The molecule has 2 aromatic rings. The molecule has 1 saturated heterocycles. The first-order chi connectivity index (χ1) is 14.6. The van der Waals surface area contributed by atoms with Crippen LogP contribution in [-0.2, 0) is 21.4 Å². The van der Waals surface area contributed by atoms with Crippen LogP contribution in [0, 0.1) is 0 Å². The maximum Gasteiger partial charge on any atom is 0.245 e. The Labute approximate surface area is 187 Å². The molecule has 0 bridgehead atoms. The third-order valence-electron chi connectivity index (χ3n) is 6.59. The molecule has 1 atom stereocenters. The molecule has 1 saturated carbocycles. The van der Waals surface area contributed by atoms with Crippen molar-refractivity contribution < 1.29 is 9.59 Å². The second-order valence-corrected chi connectivity index (χ2v) is 9.46. The van der Waals surface area contributed by atoms with Gasteiger partial charge in [0.25, 0.3) is 0 Å². The van der Waals surface area contributed by atoms with Crippen molar-refractivity contribution in [2.45, 2.75) is 56.4 Å². The summed E-state index contributed by atoms with van der Waals surface area (Å²) in [6.07, 6.45) is 6.34. The lowest BCUT2D eigenvalue weighted by atomic mass is 9.77. The summed E-state index contributed by atoms with van der Waals surface area (Å²) >= 11 is 3.49. The molecular weight excluding hydrogens is 440 g/mol. The number of nitrogens with zero attached hydrogens (tertiary/aromatic N) is 1. The van der Waals surface area contributed by atoms with Crippen molar-refractivity contribution in [2.24, 2.45) is 0 Å². The maximum absolute atomic E-state index is 13.7. The van der Waals surface area contributed by atoms with Crippen LogP contribution in [0.25, 0.3) is 0 Å². The van der Waals surface area contributed by atoms with Gasteiger partial charge in [-0.15, -0.1) is 0 Å².